The summed E-state index contributed by atoms with van der Waals surface area (Å²) in [4.78, 5) is 15.0. The third kappa shape index (κ3) is 3.76. The van der Waals surface area contributed by atoms with Crippen LogP contribution in [0.15, 0.2) is 53.4 Å². The Balaban J connectivity index is 1.87. The van der Waals surface area contributed by atoms with Crippen molar-refractivity contribution in [1.29, 1.82) is 0 Å². The SMILES string of the molecule is O=C(C(Sc1ccc(F)c(F)c1)c1ccccc1)N1CC[C@@H](O)C1. The Morgan fingerprint density at radius 1 is 1.17 bits per heavy atom. The lowest BCUT2D eigenvalue weighted by molar-refractivity contribution is -0.130. The maximum Gasteiger partial charge on any atom is 0.240 e. The second kappa shape index (κ2) is 7.32. The highest BCUT2D eigenvalue weighted by atomic mass is 32.2. The summed E-state index contributed by atoms with van der Waals surface area (Å²) in [5.74, 6) is -1.98. The molecule has 1 saturated heterocycles. The van der Waals surface area contributed by atoms with Gasteiger partial charge in [-0.2, -0.15) is 0 Å². The van der Waals surface area contributed by atoms with Gasteiger partial charge in [-0.25, -0.2) is 8.78 Å². The Hall–Kier alpha value is -1.92. The first-order chi connectivity index (χ1) is 11.5. The quantitative estimate of drug-likeness (QED) is 0.860. The predicted molar refractivity (Wildman–Crippen MR) is 88.6 cm³/mol. The molecule has 0 spiro atoms. The van der Waals surface area contributed by atoms with Crippen LogP contribution in [0.4, 0.5) is 8.78 Å². The van der Waals surface area contributed by atoms with Crippen molar-refractivity contribution >= 4 is 17.7 Å². The van der Waals surface area contributed by atoms with Crippen molar-refractivity contribution < 1.29 is 18.7 Å². The molecule has 126 valence electrons. The summed E-state index contributed by atoms with van der Waals surface area (Å²) in [6, 6.07) is 12.8. The molecule has 1 fully saturated rings. The van der Waals surface area contributed by atoms with Crippen molar-refractivity contribution in [2.24, 2.45) is 0 Å². The van der Waals surface area contributed by atoms with Gasteiger partial charge >= 0.3 is 0 Å². The minimum Gasteiger partial charge on any atom is -0.391 e. The van der Waals surface area contributed by atoms with E-state index in [-0.39, 0.29) is 5.91 Å². The highest BCUT2D eigenvalue weighted by molar-refractivity contribution is 8.00. The zero-order valence-electron chi connectivity index (χ0n) is 12.9. The Kier molecular flexibility index (Phi) is 5.16. The van der Waals surface area contributed by atoms with Gasteiger partial charge in [-0.1, -0.05) is 30.3 Å². The van der Waals surface area contributed by atoms with E-state index in [1.165, 1.54) is 17.8 Å². The number of halogens is 2. The summed E-state index contributed by atoms with van der Waals surface area (Å²) in [6.07, 6.45) is 0.0574. The number of nitrogens with zero attached hydrogens (tertiary/aromatic N) is 1. The van der Waals surface area contributed by atoms with Gasteiger partial charge in [0.25, 0.3) is 0 Å². The fraction of sp³-hybridized carbons (Fsp3) is 0.278. The van der Waals surface area contributed by atoms with Crippen LogP contribution in [0.5, 0.6) is 0 Å². The van der Waals surface area contributed by atoms with Crippen LogP contribution in [0.3, 0.4) is 0 Å². The molecular weight excluding hydrogens is 332 g/mol. The molecule has 1 unspecified atom stereocenters. The van der Waals surface area contributed by atoms with E-state index < -0.39 is 23.0 Å². The normalized spacial score (nSPS) is 18.6. The molecular formula is C18H17F2NO2S. The summed E-state index contributed by atoms with van der Waals surface area (Å²) in [5, 5.41) is 9.10. The van der Waals surface area contributed by atoms with E-state index in [0.717, 1.165) is 17.7 Å². The predicted octanol–water partition coefficient (Wildman–Crippen LogP) is 3.39. The largest absolute Gasteiger partial charge is 0.391 e. The molecule has 0 aliphatic carbocycles. The molecule has 0 aromatic heterocycles. The molecule has 3 nitrogen and oxygen atoms in total. The zero-order chi connectivity index (χ0) is 17.1. The summed E-state index contributed by atoms with van der Waals surface area (Å²) < 4.78 is 26.6. The van der Waals surface area contributed by atoms with E-state index in [1.807, 2.05) is 30.3 Å². The first-order valence-electron chi connectivity index (χ1n) is 7.68. The second-order valence-electron chi connectivity index (χ2n) is 5.71. The van der Waals surface area contributed by atoms with Crippen LogP contribution in [-0.4, -0.2) is 35.1 Å². The molecule has 24 heavy (non-hydrogen) atoms. The molecule has 0 saturated carbocycles. The number of rotatable bonds is 4. The Morgan fingerprint density at radius 3 is 2.54 bits per heavy atom. The van der Waals surface area contributed by atoms with Crippen LogP contribution in [0.25, 0.3) is 0 Å². The van der Waals surface area contributed by atoms with Gasteiger partial charge in [-0.3, -0.25) is 4.79 Å². The number of aliphatic hydroxyl groups excluding tert-OH is 1. The molecule has 3 rings (SSSR count). The van der Waals surface area contributed by atoms with Crippen LogP contribution >= 0.6 is 11.8 Å². The highest BCUT2D eigenvalue weighted by Crippen LogP contribution is 2.37. The van der Waals surface area contributed by atoms with E-state index in [2.05, 4.69) is 0 Å². The number of hydrogen-bond donors (Lipinski definition) is 1. The molecule has 6 heteroatoms. The van der Waals surface area contributed by atoms with E-state index in [9.17, 15) is 18.7 Å². The topological polar surface area (TPSA) is 40.5 Å². The molecule has 1 N–H and O–H groups in total. The van der Waals surface area contributed by atoms with Crippen LogP contribution < -0.4 is 0 Å². The smallest absolute Gasteiger partial charge is 0.240 e. The maximum absolute atomic E-state index is 13.5. The average molecular weight is 349 g/mol. The Morgan fingerprint density at radius 2 is 1.92 bits per heavy atom. The third-order valence-corrected chi connectivity index (χ3v) is 5.18. The monoisotopic (exact) mass is 349 g/mol. The lowest BCUT2D eigenvalue weighted by Crippen LogP contribution is -2.33. The number of aliphatic hydroxyl groups is 1. The Labute approximate surface area is 143 Å². The summed E-state index contributed by atoms with van der Waals surface area (Å²) in [7, 11) is 0. The molecule has 2 atom stereocenters. The minimum atomic E-state index is -0.934. The van der Waals surface area contributed by atoms with Gasteiger partial charge in [0.2, 0.25) is 5.91 Å². The van der Waals surface area contributed by atoms with Gasteiger partial charge in [0.05, 0.1) is 6.10 Å². The van der Waals surface area contributed by atoms with Gasteiger partial charge in [0.15, 0.2) is 11.6 Å². The highest BCUT2D eigenvalue weighted by Gasteiger charge is 2.31. The van der Waals surface area contributed by atoms with E-state index in [4.69, 9.17) is 0 Å². The van der Waals surface area contributed by atoms with Crippen LogP contribution in [0, 0.1) is 11.6 Å². The first-order valence-corrected chi connectivity index (χ1v) is 8.56. The number of carbonyl (C=O) groups is 1. The molecule has 1 amide bonds. The van der Waals surface area contributed by atoms with Crippen LogP contribution in [-0.2, 0) is 4.79 Å². The summed E-state index contributed by atoms with van der Waals surface area (Å²) in [6.45, 7) is 0.808. The molecule has 2 aromatic rings. The number of β-amino-alcohol motifs (C(OH)–C–C–N with tert-alkyl or cyclic N) is 1. The number of thioether (sulfide) groups is 1. The fourth-order valence-corrected chi connectivity index (χ4v) is 3.82. The average Bonchev–Trinajstić information content (AvgIpc) is 3.02. The van der Waals surface area contributed by atoms with Crippen molar-refractivity contribution in [2.45, 2.75) is 22.7 Å². The number of amides is 1. The number of benzene rings is 2. The maximum atomic E-state index is 13.5. The van der Waals surface area contributed by atoms with Crippen molar-refractivity contribution in [1.82, 2.24) is 4.90 Å². The lowest BCUT2D eigenvalue weighted by atomic mass is 10.1. The summed E-state index contributed by atoms with van der Waals surface area (Å²) in [5.41, 5.74) is 0.790. The summed E-state index contributed by atoms with van der Waals surface area (Å²) >= 11 is 1.18. The molecule has 1 heterocycles. The van der Waals surface area contributed by atoms with Crippen LogP contribution in [0.2, 0.25) is 0 Å². The Bertz CT molecular complexity index is 726. The van der Waals surface area contributed by atoms with Crippen molar-refractivity contribution in [3.05, 3.63) is 65.7 Å². The van der Waals surface area contributed by atoms with Crippen LogP contribution in [0.1, 0.15) is 17.2 Å². The van der Waals surface area contributed by atoms with Gasteiger partial charge in [0.1, 0.15) is 5.25 Å². The van der Waals surface area contributed by atoms with Gasteiger partial charge in [-0.05, 0) is 30.2 Å². The standard InChI is InChI=1S/C18H17F2NO2S/c19-15-7-6-14(10-16(15)20)24-17(12-4-2-1-3-5-12)18(23)21-9-8-13(22)11-21/h1-7,10,13,17,22H,8-9,11H2/t13-,17?/m1/s1. The lowest BCUT2D eigenvalue weighted by Gasteiger charge is -2.23. The van der Waals surface area contributed by atoms with Crippen molar-refractivity contribution in [3.8, 4) is 0 Å². The second-order valence-corrected chi connectivity index (χ2v) is 6.89. The van der Waals surface area contributed by atoms with E-state index >= 15 is 0 Å². The molecule has 0 bridgehead atoms. The number of carbonyl (C=O) groups excluding carboxylic acids is 1. The number of hydrogen-bond acceptors (Lipinski definition) is 3. The van der Waals surface area contributed by atoms with Gasteiger partial charge in [-0.15, -0.1) is 11.8 Å². The van der Waals surface area contributed by atoms with E-state index in [1.54, 1.807) is 4.90 Å². The van der Waals surface area contributed by atoms with Crippen molar-refractivity contribution in [3.63, 3.8) is 0 Å². The minimum absolute atomic E-state index is 0.132. The van der Waals surface area contributed by atoms with Crippen molar-refractivity contribution in [2.75, 3.05) is 13.1 Å². The third-order valence-electron chi connectivity index (χ3n) is 3.95. The number of likely N-dealkylation sites (tertiary alicyclic amines) is 1. The first kappa shape index (κ1) is 16.9. The molecule has 2 aromatic carbocycles. The van der Waals surface area contributed by atoms with E-state index in [0.29, 0.717) is 24.4 Å². The molecule has 1 aliphatic heterocycles. The molecule has 0 radical (unpaired) electrons. The van der Waals surface area contributed by atoms with Gasteiger partial charge in [0, 0.05) is 18.0 Å². The zero-order valence-corrected chi connectivity index (χ0v) is 13.7. The molecule has 1 aliphatic rings. The van der Waals surface area contributed by atoms with Gasteiger partial charge < -0.3 is 10.0 Å². The fourth-order valence-electron chi connectivity index (χ4n) is 2.68.